The molecule has 0 saturated carbocycles. The average molecular weight is 394 g/mol. The van der Waals surface area contributed by atoms with Crippen LogP contribution in [0, 0.1) is 13.8 Å². The van der Waals surface area contributed by atoms with Crippen LogP contribution >= 0.6 is 0 Å². The molecule has 30 heavy (non-hydrogen) atoms. The molecule has 4 rings (SSSR count). The van der Waals surface area contributed by atoms with E-state index in [-0.39, 0.29) is 5.91 Å². The first-order valence-corrected chi connectivity index (χ1v) is 9.72. The highest BCUT2D eigenvalue weighted by atomic mass is 16.1. The molecule has 0 aliphatic carbocycles. The number of amides is 1. The molecule has 0 atom stereocenters. The molecule has 0 fully saturated rings. The van der Waals surface area contributed by atoms with Gasteiger partial charge in [0, 0.05) is 28.6 Å². The minimum atomic E-state index is -0.139. The number of benzene rings is 3. The van der Waals surface area contributed by atoms with Gasteiger partial charge in [0.2, 0.25) is 0 Å². The Morgan fingerprint density at radius 2 is 1.63 bits per heavy atom. The normalized spacial score (nSPS) is 10.5. The lowest BCUT2D eigenvalue weighted by Gasteiger charge is -2.10. The van der Waals surface area contributed by atoms with E-state index >= 15 is 0 Å². The first kappa shape index (κ1) is 19.3. The molecule has 3 aromatic carbocycles. The molecule has 1 amide bonds. The molecule has 148 valence electrons. The van der Waals surface area contributed by atoms with Gasteiger partial charge in [-0.15, -0.1) is 0 Å². The summed E-state index contributed by atoms with van der Waals surface area (Å²) >= 11 is 0. The van der Waals surface area contributed by atoms with Crippen LogP contribution in [-0.4, -0.2) is 15.9 Å². The molecule has 1 aromatic heterocycles. The maximum atomic E-state index is 12.5. The molecular weight excluding hydrogens is 372 g/mol. The van der Waals surface area contributed by atoms with E-state index in [2.05, 4.69) is 39.7 Å². The lowest BCUT2D eigenvalue weighted by molar-refractivity contribution is 0.102. The van der Waals surface area contributed by atoms with E-state index in [0.29, 0.717) is 11.4 Å². The zero-order valence-electron chi connectivity index (χ0n) is 16.9. The van der Waals surface area contributed by atoms with Crippen molar-refractivity contribution < 1.29 is 4.79 Å². The van der Waals surface area contributed by atoms with Crippen LogP contribution in [-0.2, 0) is 0 Å². The summed E-state index contributed by atoms with van der Waals surface area (Å²) < 4.78 is 0. The summed E-state index contributed by atoms with van der Waals surface area (Å²) in [6.45, 7) is 4.02. The van der Waals surface area contributed by atoms with E-state index < -0.39 is 0 Å². The molecule has 0 bridgehead atoms. The molecule has 5 heteroatoms. The van der Waals surface area contributed by atoms with Crippen molar-refractivity contribution in [3.63, 3.8) is 0 Å². The standard InChI is InChI=1S/C25H22N4O/c1-17-6-5-8-20(14-17)23-15-24(27-16-26-23)28-21-12-10-19(11-13-21)25(30)29-22-9-4-3-7-18(22)2/h3-16H,1-2H3,(H,29,30)(H,26,27,28). The Morgan fingerprint density at radius 3 is 2.40 bits per heavy atom. The van der Waals surface area contributed by atoms with Crippen LogP contribution in [0.1, 0.15) is 21.5 Å². The number of carbonyl (C=O) groups excluding carboxylic acids is 1. The number of aryl methyl sites for hydroxylation is 2. The van der Waals surface area contributed by atoms with E-state index in [4.69, 9.17) is 0 Å². The summed E-state index contributed by atoms with van der Waals surface area (Å²) in [7, 11) is 0. The quantitative estimate of drug-likeness (QED) is 0.452. The molecule has 2 N–H and O–H groups in total. The average Bonchev–Trinajstić information content (AvgIpc) is 2.76. The summed E-state index contributed by atoms with van der Waals surface area (Å²) in [5.41, 5.74) is 6.35. The van der Waals surface area contributed by atoms with Crippen LogP contribution in [0.2, 0.25) is 0 Å². The number of anilines is 3. The molecule has 0 aliphatic rings. The maximum absolute atomic E-state index is 12.5. The molecule has 1 heterocycles. The first-order valence-electron chi connectivity index (χ1n) is 9.72. The Morgan fingerprint density at radius 1 is 0.833 bits per heavy atom. The SMILES string of the molecule is Cc1cccc(-c2cc(Nc3ccc(C(=O)Nc4ccccc4C)cc3)ncn2)c1. The smallest absolute Gasteiger partial charge is 0.255 e. The van der Waals surface area contributed by atoms with Gasteiger partial charge in [-0.05, 0) is 55.8 Å². The van der Waals surface area contributed by atoms with Crippen molar-refractivity contribution in [3.8, 4) is 11.3 Å². The van der Waals surface area contributed by atoms with Gasteiger partial charge < -0.3 is 10.6 Å². The third-order valence-electron chi connectivity index (χ3n) is 4.79. The minimum Gasteiger partial charge on any atom is -0.340 e. The number of hydrogen-bond donors (Lipinski definition) is 2. The van der Waals surface area contributed by atoms with Crippen molar-refractivity contribution >= 4 is 23.1 Å². The number of nitrogens with one attached hydrogen (secondary N) is 2. The van der Waals surface area contributed by atoms with E-state index in [1.54, 1.807) is 18.5 Å². The van der Waals surface area contributed by atoms with Crippen LogP contribution < -0.4 is 10.6 Å². The molecule has 0 saturated heterocycles. The maximum Gasteiger partial charge on any atom is 0.255 e. The van der Waals surface area contributed by atoms with Gasteiger partial charge in [0.25, 0.3) is 5.91 Å². The van der Waals surface area contributed by atoms with E-state index in [0.717, 1.165) is 28.2 Å². The Kier molecular flexibility index (Phi) is 5.52. The largest absolute Gasteiger partial charge is 0.340 e. The second kappa shape index (κ2) is 8.57. The zero-order chi connectivity index (χ0) is 20.9. The highest BCUT2D eigenvalue weighted by molar-refractivity contribution is 6.04. The van der Waals surface area contributed by atoms with Crippen LogP contribution in [0.15, 0.2) is 85.2 Å². The number of rotatable bonds is 5. The van der Waals surface area contributed by atoms with Gasteiger partial charge in [0.15, 0.2) is 0 Å². The number of hydrogen-bond acceptors (Lipinski definition) is 4. The molecule has 0 unspecified atom stereocenters. The first-order chi connectivity index (χ1) is 14.6. The van der Waals surface area contributed by atoms with Gasteiger partial charge in [0.05, 0.1) is 5.69 Å². The van der Waals surface area contributed by atoms with Crippen molar-refractivity contribution in [2.45, 2.75) is 13.8 Å². The fourth-order valence-electron chi connectivity index (χ4n) is 3.15. The van der Waals surface area contributed by atoms with Gasteiger partial charge in [-0.3, -0.25) is 4.79 Å². The number of aromatic nitrogens is 2. The van der Waals surface area contributed by atoms with Crippen molar-refractivity contribution in [2.75, 3.05) is 10.6 Å². The third-order valence-corrected chi connectivity index (χ3v) is 4.79. The lowest BCUT2D eigenvalue weighted by Crippen LogP contribution is -2.12. The highest BCUT2D eigenvalue weighted by Gasteiger charge is 2.08. The van der Waals surface area contributed by atoms with Gasteiger partial charge in [0.1, 0.15) is 12.1 Å². The fraction of sp³-hybridized carbons (Fsp3) is 0.0800. The van der Waals surface area contributed by atoms with E-state index in [1.807, 2.05) is 61.5 Å². The molecule has 0 spiro atoms. The summed E-state index contributed by atoms with van der Waals surface area (Å²) in [4.78, 5) is 21.2. The summed E-state index contributed by atoms with van der Waals surface area (Å²) in [5, 5.41) is 6.22. The van der Waals surface area contributed by atoms with Gasteiger partial charge in [-0.2, -0.15) is 0 Å². The fourth-order valence-corrected chi connectivity index (χ4v) is 3.15. The summed E-state index contributed by atoms with van der Waals surface area (Å²) in [5.74, 6) is 0.554. The van der Waals surface area contributed by atoms with Gasteiger partial charge in [-0.25, -0.2) is 9.97 Å². The topological polar surface area (TPSA) is 66.9 Å². The van der Waals surface area contributed by atoms with E-state index in [9.17, 15) is 4.79 Å². The predicted octanol–water partition coefficient (Wildman–Crippen LogP) is 5.76. The molecule has 0 radical (unpaired) electrons. The Labute approximate surface area is 175 Å². The van der Waals surface area contributed by atoms with Crippen LogP contribution in [0.3, 0.4) is 0 Å². The Bertz CT molecular complexity index is 1190. The highest BCUT2D eigenvalue weighted by Crippen LogP contribution is 2.22. The molecule has 4 aromatic rings. The van der Waals surface area contributed by atoms with Crippen LogP contribution in [0.5, 0.6) is 0 Å². The minimum absolute atomic E-state index is 0.139. The zero-order valence-corrected chi connectivity index (χ0v) is 16.9. The van der Waals surface area contributed by atoms with Crippen molar-refractivity contribution in [3.05, 3.63) is 102 Å². The Balaban J connectivity index is 1.47. The summed E-state index contributed by atoms with van der Waals surface area (Å²) in [6.07, 6.45) is 1.55. The van der Waals surface area contributed by atoms with Crippen molar-refractivity contribution in [2.24, 2.45) is 0 Å². The summed E-state index contributed by atoms with van der Waals surface area (Å²) in [6, 6.07) is 25.1. The van der Waals surface area contributed by atoms with Crippen LogP contribution in [0.4, 0.5) is 17.2 Å². The number of nitrogens with zero attached hydrogens (tertiary/aromatic N) is 2. The van der Waals surface area contributed by atoms with Crippen LogP contribution in [0.25, 0.3) is 11.3 Å². The van der Waals surface area contributed by atoms with Gasteiger partial charge in [-0.1, -0.05) is 42.0 Å². The molecular formula is C25H22N4O. The second-order valence-electron chi connectivity index (χ2n) is 7.13. The van der Waals surface area contributed by atoms with Crippen molar-refractivity contribution in [1.82, 2.24) is 9.97 Å². The third kappa shape index (κ3) is 4.52. The predicted molar refractivity (Wildman–Crippen MR) is 121 cm³/mol. The Hall–Kier alpha value is -3.99. The molecule has 5 nitrogen and oxygen atoms in total. The van der Waals surface area contributed by atoms with Crippen molar-refractivity contribution in [1.29, 1.82) is 0 Å². The monoisotopic (exact) mass is 394 g/mol. The van der Waals surface area contributed by atoms with Gasteiger partial charge >= 0.3 is 0 Å². The molecule has 0 aliphatic heterocycles. The second-order valence-corrected chi connectivity index (χ2v) is 7.13. The number of carbonyl (C=O) groups is 1. The number of para-hydroxylation sites is 1. The lowest BCUT2D eigenvalue weighted by atomic mass is 10.1. The van der Waals surface area contributed by atoms with E-state index in [1.165, 1.54) is 5.56 Å².